The summed E-state index contributed by atoms with van der Waals surface area (Å²) in [6, 6.07) is 7.51. The lowest BCUT2D eigenvalue weighted by molar-refractivity contribution is -0.118. The molecule has 0 spiro atoms. The van der Waals surface area contributed by atoms with E-state index in [1.807, 2.05) is 30.3 Å². The summed E-state index contributed by atoms with van der Waals surface area (Å²) in [5, 5.41) is 15.8. The Morgan fingerprint density at radius 3 is 2.61 bits per heavy atom. The predicted octanol–water partition coefficient (Wildman–Crippen LogP) is 3.00. The predicted molar refractivity (Wildman–Crippen MR) is 112 cm³/mol. The molecule has 0 fully saturated rings. The molecule has 0 radical (unpaired) electrons. The summed E-state index contributed by atoms with van der Waals surface area (Å²) >= 11 is 1.39. The fraction of sp³-hybridized carbons (Fsp3) is 0.450. The Morgan fingerprint density at radius 1 is 1.25 bits per heavy atom. The third-order valence-electron chi connectivity index (χ3n) is 3.62. The number of hydrogen-bond acceptors (Lipinski definition) is 6. The van der Waals surface area contributed by atoms with E-state index in [0.29, 0.717) is 10.9 Å². The lowest BCUT2D eigenvalue weighted by Gasteiger charge is -2.20. The van der Waals surface area contributed by atoms with Gasteiger partial charge in [-0.15, -0.1) is 0 Å². The molecule has 3 N–H and O–H groups in total. The number of carbonyl (C=O) groups excluding carboxylic acids is 2. The van der Waals surface area contributed by atoms with Gasteiger partial charge >= 0.3 is 6.09 Å². The van der Waals surface area contributed by atoms with Crippen molar-refractivity contribution in [3.05, 3.63) is 41.5 Å². The molecule has 1 aromatic rings. The van der Waals surface area contributed by atoms with Crippen molar-refractivity contribution in [2.75, 3.05) is 12.3 Å². The Hall–Kier alpha value is -2.32. The van der Waals surface area contributed by atoms with Crippen molar-refractivity contribution in [3.8, 4) is 0 Å². The molecule has 0 bridgehead atoms. The topological polar surface area (TPSA) is 100 Å². The minimum atomic E-state index is -0.950. The zero-order chi connectivity index (χ0) is 20.9. The average Bonchev–Trinajstić information content (AvgIpc) is 2.58. The molecular weight excluding hydrogens is 378 g/mol. The van der Waals surface area contributed by atoms with Crippen molar-refractivity contribution in [1.82, 2.24) is 10.6 Å². The maximum Gasteiger partial charge on any atom is 0.408 e. The van der Waals surface area contributed by atoms with E-state index in [-0.39, 0.29) is 12.5 Å². The van der Waals surface area contributed by atoms with Gasteiger partial charge in [-0.25, -0.2) is 9.79 Å². The normalized spacial score (nSPS) is 14.6. The van der Waals surface area contributed by atoms with Crippen LogP contribution >= 0.6 is 11.8 Å². The Bertz CT molecular complexity index is 804. The maximum absolute atomic E-state index is 12.1. The summed E-state index contributed by atoms with van der Waals surface area (Å²) in [5.74, 6) is 0.268. The molecule has 1 aliphatic rings. The number of ether oxygens (including phenoxy) is 1. The number of thioether (sulfide) groups is 1. The number of nitrogens with zero attached hydrogens (tertiary/aromatic N) is 1. The SMILES string of the molecule is CC(C)(C)OC(=O)NCC(=O)NC1=NC(c2cccc(C(C)(C)O)c2)=CCS1. The number of amides is 2. The molecule has 1 aromatic carbocycles. The highest BCUT2D eigenvalue weighted by Gasteiger charge is 2.19. The molecule has 0 atom stereocenters. The lowest BCUT2D eigenvalue weighted by Crippen LogP contribution is -2.41. The van der Waals surface area contributed by atoms with Crippen LogP contribution in [0.2, 0.25) is 0 Å². The highest BCUT2D eigenvalue weighted by Crippen LogP contribution is 2.27. The van der Waals surface area contributed by atoms with E-state index in [1.54, 1.807) is 34.6 Å². The Morgan fingerprint density at radius 2 is 1.96 bits per heavy atom. The van der Waals surface area contributed by atoms with Gasteiger partial charge in [-0.05, 0) is 52.3 Å². The minimum Gasteiger partial charge on any atom is -0.444 e. The molecule has 8 heteroatoms. The van der Waals surface area contributed by atoms with Crippen molar-refractivity contribution in [1.29, 1.82) is 0 Å². The van der Waals surface area contributed by atoms with Crippen LogP contribution < -0.4 is 10.6 Å². The molecule has 0 aromatic heterocycles. The second-order valence-corrected chi connectivity index (χ2v) is 8.87. The zero-order valence-electron chi connectivity index (χ0n) is 16.8. The van der Waals surface area contributed by atoms with Crippen LogP contribution in [0.5, 0.6) is 0 Å². The zero-order valence-corrected chi connectivity index (χ0v) is 17.6. The van der Waals surface area contributed by atoms with Crippen LogP contribution in [0.4, 0.5) is 4.79 Å². The van der Waals surface area contributed by atoms with Gasteiger partial charge in [-0.1, -0.05) is 30.0 Å². The highest BCUT2D eigenvalue weighted by molar-refractivity contribution is 8.14. The highest BCUT2D eigenvalue weighted by atomic mass is 32.2. The number of hydrogen-bond donors (Lipinski definition) is 3. The van der Waals surface area contributed by atoms with Gasteiger partial charge in [0.25, 0.3) is 0 Å². The quantitative estimate of drug-likeness (QED) is 0.715. The fourth-order valence-electron chi connectivity index (χ4n) is 2.32. The number of carbonyl (C=O) groups is 2. The van der Waals surface area contributed by atoms with Crippen LogP contribution in [0.3, 0.4) is 0 Å². The van der Waals surface area contributed by atoms with Crippen LogP contribution in [0.1, 0.15) is 45.7 Å². The Balaban J connectivity index is 1.99. The first-order valence-electron chi connectivity index (χ1n) is 8.96. The monoisotopic (exact) mass is 405 g/mol. The average molecular weight is 406 g/mol. The van der Waals surface area contributed by atoms with Crippen molar-refractivity contribution in [3.63, 3.8) is 0 Å². The van der Waals surface area contributed by atoms with Gasteiger partial charge in [0.2, 0.25) is 5.91 Å². The smallest absolute Gasteiger partial charge is 0.408 e. The largest absolute Gasteiger partial charge is 0.444 e. The Labute approximate surface area is 169 Å². The summed E-state index contributed by atoms with van der Waals surface area (Å²) in [6.45, 7) is 8.50. The number of alkyl carbamates (subject to hydrolysis) is 1. The van der Waals surface area contributed by atoms with Crippen LogP contribution in [0.15, 0.2) is 35.3 Å². The van der Waals surface area contributed by atoms with E-state index in [4.69, 9.17) is 4.74 Å². The van der Waals surface area contributed by atoms with Crippen molar-refractivity contribution in [2.24, 2.45) is 4.99 Å². The van der Waals surface area contributed by atoms with Gasteiger partial charge in [0, 0.05) is 11.3 Å². The molecule has 0 aliphatic carbocycles. The van der Waals surface area contributed by atoms with Crippen molar-refractivity contribution < 1.29 is 19.4 Å². The summed E-state index contributed by atoms with van der Waals surface area (Å²) in [5.41, 5.74) is 0.792. The van der Waals surface area contributed by atoms with E-state index < -0.39 is 17.3 Å². The molecule has 1 heterocycles. The summed E-state index contributed by atoms with van der Waals surface area (Å²) < 4.78 is 5.10. The minimum absolute atomic E-state index is 0.207. The van der Waals surface area contributed by atoms with Gasteiger partial charge in [-0.3, -0.25) is 4.79 Å². The maximum atomic E-state index is 12.1. The van der Waals surface area contributed by atoms with Gasteiger partial charge in [0.1, 0.15) is 12.1 Å². The van der Waals surface area contributed by atoms with E-state index in [9.17, 15) is 14.7 Å². The first kappa shape index (κ1) is 22.0. The fourth-order valence-corrected chi connectivity index (χ4v) is 3.07. The molecule has 28 heavy (non-hydrogen) atoms. The molecular formula is C20H27N3O4S. The number of amidine groups is 1. The van der Waals surface area contributed by atoms with Crippen molar-refractivity contribution in [2.45, 2.75) is 45.8 Å². The third-order valence-corrected chi connectivity index (χ3v) is 4.42. The van der Waals surface area contributed by atoms with Crippen LogP contribution in [0, 0.1) is 0 Å². The molecule has 2 amide bonds. The molecule has 7 nitrogen and oxygen atoms in total. The number of rotatable bonds is 4. The summed E-state index contributed by atoms with van der Waals surface area (Å²) in [6.07, 6.45) is 1.31. The summed E-state index contributed by atoms with van der Waals surface area (Å²) in [7, 11) is 0. The second-order valence-electron chi connectivity index (χ2n) is 7.86. The van der Waals surface area contributed by atoms with Crippen molar-refractivity contribution >= 4 is 34.6 Å². The van der Waals surface area contributed by atoms with Crippen LogP contribution in [-0.2, 0) is 15.1 Å². The molecule has 152 valence electrons. The summed E-state index contributed by atoms with van der Waals surface area (Å²) in [4.78, 5) is 28.2. The van der Waals surface area contributed by atoms with Gasteiger partial charge in [0.15, 0.2) is 5.17 Å². The molecule has 0 saturated heterocycles. The van der Waals surface area contributed by atoms with Crippen LogP contribution in [-0.4, -0.2) is 40.2 Å². The number of aliphatic imine (C=N–C) groups is 1. The molecule has 2 rings (SSSR count). The molecule has 0 unspecified atom stereocenters. The standard InChI is InChI=1S/C20H27N3O4S/c1-19(2,3)27-18(25)21-12-16(24)23-17-22-15(9-10-28-17)13-7-6-8-14(11-13)20(4,5)26/h6-9,11,26H,10,12H2,1-5H3,(H,21,25)(H,22,23,24). The van der Waals surface area contributed by atoms with Gasteiger partial charge < -0.3 is 20.5 Å². The van der Waals surface area contributed by atoms with E-state index in [0.717, 1.165) is 16.8 Å². The number of aliphatic hydroxyl groups is 1. The number of nitrogens with one attached hydrogen (secondary N) is 2. The third kappa shape index (κ3) is 7.01. The van der Waals surface area contributed by atoms with E-state index >= 15 is 0 Å². The van der Waals surface area contributed by atoms with Crippen LogP contribution in [0.25, 0.3) is 5.70 Å². The first-order chi connectivity index (χ1) is 12.9. The van der Waals surface area contributed by atoms with E-state index in [1.165, 1.54) is 11.8 Å². The van der Waals surface area contributed by atoms with Gasteiger partial charge in [0.05, 0.1) is 11.3 Å². The molecule has 1 aliphatic heterocycles. The Kier molecular flexibility index (Phi) is 6.90. The lowest BCUT2D eigenvalue weighted by atomic mass is 9.96. The molecule has 0 saturated carbocycles. The number of benzene rings is 1. The van der Waals surface area contributed by atoms with Gasteiger partial charge in [-0.2, -0.15) is 0 Å². The van der Waals surface area contributed by atoms with E-state index in [2.05, 4.69) is 15.6 Å². The second kappa shape index (κ2) is 8.79. The first-order valence-corrected chi connectivity index (χ1v) is 9.94.